The molecule has 3 heteroatoms. The van der Waals surface area contributed by atoms with Crippen LogP contribution < -0.4 is 0 Å². The largest absolute Gasteiger partial charge is 0.287 e. The lowest BCUT2D eigenvalue weighted by molar-refractivity contribution is 0.0908. The number of carbonyl (C=O) groups excluding carboxylic acids is 1. The maximum Gasteiger partial charge on any atom is 0.231 e. The maximum absolute atomic E-state index is 12.4. The summed E-state index contributed by atoms with van der Waals surface area (Å²) in [7, 11) is 0. The van der Waals surface area contributed by atoms with E-state index in [2.05, 4.69) is 15.9 Å². The first-order chi connectivity index (χ1) is 9.75. The Balaban J connectivity index is 1.79. The van der Waals surface area contributed by atoms with E-state index in [-0.39, 0.29) is 5.91 Å². The smallest absolute Gasteiger partial charge is 0.231 e. The highest BCUT2D eigenvalue weighted by Crippen LogP contribution is 2.19. The highest BCUT2D eigenvalue weighted by Gasteiger charge is 2.09. The normalized spacial score (nSPS) is 10.8. The first-order valence-corrected chi connectivity index (χ1v) is 7.38. The van der Waals surface area contributed by atoms with Crippen molar-refractivity contribution in [3.05, 3.63) is 70.8 Å². The van der Waals surface area contributed by atoms with Gasteiger partial charge in [0.1, 0.15) is 0 Å². The van der Waals surface area contributed by atoms with Crippen LogP contribution in [0.15, 0.2) is 65.3 Å². The third-order valence-corrected chi connectivity index (χ3v) is 4.21. The van der Waals surface area contributed by atoms with E-state index in [4.69, 9.17) is 0 Å². The Hall–Kier alpha value is -1.87. The number of rotatable bonds is 3. The molecule has 3 aromatic rings. The molecule has 0 saturated carbocycles. The molecule has 0 amide bonds. The number of aryl methyl sites for hydroxylation is 1. The molecule has 2 aromatic carbocycles. The van der Waals surface area contributed by atoms with Crippen molar-refractivity contribution >= 4 is 32.7 Å². The van der Waals surface area contributed by atoms with Crippen LogP contribution in [0.1, 0.15) is 16.8 Å². The zero-order chi connectivity index (χ0) is 13.9. The lowest BCUT2D eigenvalue weighted by Gasteiger charge is -2.06. The fraction of sp³-hybridized carbons (Fsp3) is 0.118. The fourth-order valence-corrected chi connectivity index (χ4v) is 2.85. The van der Waals surface area contributed by atoms with E-state index in [9.17, 15) is 4.79 Å². The average molecular weight is 328 g/mol. The van der Waals surface area contributed by atoms with Crippen LogP contribution in [0, 0.1) is 0 Å². The minimum absolute atomic E-state index is 0.127. The van der Waals surface area contributed by atoms with Gasteiger partial charge in [0.25, 0.3) is 0 Å². The Morgan fingerprint density at radius 3 is 2.60 bits per heavy atom. The summed E-state index contributed by atoms with van der Waals surface area (Å²) in [4.78, 5) is 12.4. The van der Waals surface area contributed by atoms with Crippen molar-refractivity contribution in [1.29, 1.82) is 0 Å². The lowest BCUT2D eigenvalue weighted by atomic mass is 10.1. The van der Waals surface area contributed by atoms with Crippen LogP contribution in [0.4, 0.5) is 0 Å². The van der Waals surface area contributed by atoms with Crippen molar-refractivity contribution in [3.63, 3.8) is 0 Å². The topological polar surface area (TPSA) is 22.0 Å². The molecule has 0 aliphatic rings. The summed E-state index contributed by atoms with van der Waals surface area (Å²) in [6, 6.07) is 17.9. The molecular formula is C17H14BrNO. The quantitative estimate of drug-likeness (QED) is 0.684. The van der Waals surface area contributed by atoms with Crippen LogP contribution in [0.2, 0.25) is 0 Å². The van der Waals surface area contributed by atoms with E-state index in [1.165, 1.54) is 0 Å². The van der Waals surface area contributed by atoms with Crippen LogP contribution in [0.5, 0.6) is 0 Å². The number of hydrogen-bond donors (Lipinski definition) is 0. The second-order valence-corrected chi connectivity index (χ2v) is 5.58. The zero-order valence-electron chi connectivity index (χ0n) is 10.9. The molecule has 0 aliphatic heterocycles. The number of benzene rings is 2. The van der Waals surface area contributed by atoms with Crippen LogP contribution >= 0.6 is 15.9 Å². The van der Waals surface area contributed by atoms with Gasteiger partial charge in [-0.15, -0.1) is 0 Å². The number of para-hydroxylation sites is 1. The third kappa shape index (κ3) is 2.54. The molecule has 3 rings (SSSR count). The standard InChI is InChI=1S/C17H14BrNO/c18-15-7-3-1-5-13(15)9-10-17(20)19-12-11-14-6-2-4-8-16(14)19/h1-8,11-12H,9-10H2. The van der Waals surface area contributed by atoms with Gasteiger partial charge < -0.3 is 0 Å². The van der Waals surface area contributed by atoms with Crippen molar-refractivity contribution in [2.24, 2.45) is 0 Å². The van der Waals surface area contributed by atoms with Gasteiger partial charge >= 0.3 is 0 Å². The van der Waals surface area contributed by atoms with E-state index in [0.29, 0.717) is 6.42 Å². The number of aromatic nitrogens is 1. The summed E-state index contributed by atoms with van der Waals surface area (Å²) >= 11 is 3.52. The van der Waals surface area contributed by atoms with Crippen molar-refractivity contribution in [2.75, 3.05) is 0 Å². The summed E-state index contributed by atoms with van der Waals surface area (Å²) in [6.07, 6.45) is 3.10. The lowest BCUT2D eigenvalue weighted by Crippen LogP contribution is -2.10. The average Bonchev–Trinajstić information content (AvgIpc) is 2.90. The van der Waals surface area contributed by atoms with Crippen molar-refractivity contribution in [2.45, 2.75) is 12.8 Å². The number of hydrogen-bond acceptors (Lipinski definition) is 1. The van der Waals surface area contributed by atoms with E-state index < -0.39 is 0 Å². The van der Waals surface area contributed by atoms with Crippen molar-refractivity contribution in [1.82, 2.24) is 4.57 Å². The molecular weight excluding hydrogens is 314 g/mol. The van der Waals surface area contributed by atoms with Gasteiger partial charge in [0.05, 0.1) is 5.52 Å². The Labute approximate surface area is 126 Å². The first-order valence-electron chi connectivity index (χ1n) is 6.58. The van der Waals surface area contributed by atoms with Gasteiger partial charge in [0.15, 0.2) is 0 Å². The van der Waals surface area contributed by atoms with Gasteiger partial charge in [-0.05, 0) is 30.2 Å². The minimum atomic E-state index is 0.127. The van der Waals surface area contributed by atoms with Crippen molar-refractivity contribution in [3.8, 4) is 0 Å². The Morgan fingerprint density at radius 2 is 1.75 bits per heavy atom. The van der Waals surface area contributed by atoms with Crippen LogP contribution in [0.3, 0.4) is 0 Å². The van der Waals surface area contributed by atoms with E-state index in [1.54, 1.807) is 4.57 Å². The molecule has 0 unspecified atom stereocenters. The number of carbonyl (C=O) groups is 1. The summed E-state index contributed by atoms with van der Waals surface area (Å²) in [6.45, 7) is 0. The molecule has 0 aliphatic carbocycles. The molecule has 0 fully saturated rings. The molecule has 0 radical (unpaired) electrons. The molecule has 20 heavy (non-hydrogen) atoms. The monoisotopic (exact) mass is 327 g/mol. The molecule has 0 atom stereocenters. The second kappa shape index (κ2) is 5.63. The number of nitrogens with zero attached hydrogens (tertiary/aromatic N) is 1. The predicted octanol–water partition coefficient (Wildman–Crippen LogP) is 4.68. The van der Waals surface area contributed by atoms with Gasteiger partial charge in [-0.3, -0.25) is 9.36 Å². The molecule has 1 aromatic heterocycles. The Bertz CT molecular complexity index is 760. The molecule has 0 saturated heterocycles. The fourth-order valence-electron chi connectivity index (χ4n) is 2.36. The van der Waals surface area contributed by atoms with E-state index >= 15 is 0 Å². The Kier molecular flexibility index (Phi) is 3.70. The summed E-state index contributed by atoms with van der Waals surface area (Å²) in [5, 5.41) is 1.10. The first kappa shape index (κ1) is 13.1. The van der Waals surface area contributed by atoms with E-state index in [0.717, 1.165) is 27.4 Å². The third-order valence-electron chi connectivity index (χ3n) is 3.43. The summed E-state index contributed by atoms with van der Waals surface area (Å²) < 4.78 is 2.80. The molecule has 0 bridgehead atoms. The van der Waals surface area contributed by atoms with Gasteiger partial charge in [0, 0.05) is 22.5 Å². The van der Waals surface area contributed by atoms with Gasteiger partial charge in [-0.1, -0.05) is 52.3 Å². The molecule has 0 N–H and O–H groups in total. The number of halogens is 1. The summed E-state index contributed by atoms with van der Waals surface area (Å²) in [5.74, 6) is 0.127. The highest BCUT2D eigenvalue weighted by molar-refractivity contribution is 9.10. The van der Waals surface area contributed by atoms with Crippen LogP contribution in [-0.2, 0) is 6.42 Å². The zero-order valence-corrected chi connectivity index (χ0v) is 12.5. The highest BCUT2D eigenvalue weighted by atomic mass is 79.9. The van der Waals surface area contributed by atoms with Crippen LogP contribution in [0.25, 0.3) is 10.9 Å². The minimum Gasteiger partial charge on any atom is -0.287 e. The van der Waals surface area contributed by atoms with Gasteiger partial charge in [-0.2, -0.15) is 0 Å². The van der Waals surface area contributed by atoms with Gasteiger partial charge in [0.2, 0.25) is 5.91 Å². The SMILES string of the molecule is O=C(CCc1ccccc1Br)n1ccc2ccccc21. The molecule has 0 spiro atoms. The summed E-state index contributed by atoms with van der Waals surface area (Å²) in [5.41, 5.74) is 2.14. The maximum atomic E-state index is 12.4. The van der Waals surface area contributed by atoms with E-state index in [1.807, 2.05) is 60.8 Å². The second-order valence-electron chi connectivity index (χ2n) is 4.73. The molecule has 2 nitrogen and oxygen atoms in total. The molecule has 100 valence electrons. The Morgan fingerprint density at radius 1 is 1.00 bits per heavy atom. The predicted molar refractivity (Wildman–Crippen MR) is 85.0 cm³/mol. The molecule has 1 heterocycles. The van der Waals surface area contributed by atoms with Crippen LogP contribution in [-0.4, -0.2) is 10.5 Å². The van der Waals surface area contributed by atoms with Gasteiger partial charge in [-0.25, -0.2) is 0 Å². The van der Waals surface area contributed by atoms with Crippen molar-refractivity contribution < 1.29 is 4.79 Å². The number of fused-ring (bicyclic) bond motifs is 1.